The smallest absolute Gasteiger partial charge is 0.230 e. The third-order valence-corrected chi connectivity index (χ3v) is 5.37. The van der Waals surface area contributed by atoms with Crippen LogP contribution in [0.3, 0.4) is 0 Å². The van der Waals surface area contributed by atoms with Crippen LogP contribution in [0.4, 0.5) is 4.39 Å². The van der Waals surface area contributed by atoms with E-state index in [-0.39, 0.29) is 17.5 Å². The molecule has 0 bridgehead atoms. The maximum Gasteiger partial charge on any atom is 0.230 e. The van der Waals surface area contributed by atoms with E-state index in [1.54, 1.807) is 22.9 Å². The number of carbonyl (C=O) groups excluding carboxylic acids is 1. The lowest BCUT2D eigenvalue weighted by Gasteiger charge is -2.07. The van der Waals surface area contributed by atoms with Crippen LogP contribution in [-0.4, -0.2) is 38.4 Å². The zero-order valence-corrected chi connectivity index (χ0v) is 17.2. The molecule has 6 nitrogen and oxygen atoms in total. The second-order valence-corrected chi connectivity index (χ2v) is 7.57. The van der Waals surface area contributed by atoms with Crippen molar-refractivity contribution >= 4 is 17.7 Å². The summed E-state index contributed by atoms with van der Waals surface area (Å²) in [6, 6.07) is 14.7. The van der Waals surface area contributed by atoms with E-state index >= 15 is 0 Å². The van der Waals surface area contributed by atoms with Gasteiger partial charge in [0, 0.05) is 6.54 Å². The highest BCUT2D eigenvalue weighted by Gasteiger charge is 2.12. The van der Waals surface area contributed by atoms with Crippen LogP contribution in [0.15, 0.2) is 53.7 Å². The molecule has 1 N–H and O–H groups in total. The van der Waals surface area contributed by atoms with E-state index < -0.39 is 0 Å². The van der Waals surface area contributed by atoms with Gasteiger partial charge >= 0.3 is 0 Å². The van der Waals surface area contributed by atoms with Gasteiger partial charge in [-0.25, -0.2) is 4.39 Å². The zero-order valence-electron chi connectivity index (χ0n) is 16.3. The molecule has 0 aliphatic heterocycles. The third kappa shape index (κ3) is 6.12. The summed E-state index contributed by atoms with van der Waals surface area (Å²) in [6.07, 6.45) is 3.83. The summed E-state index contributed by atoms with van der Waals surface area (Å²) < 4.78 is 15.2. The lowest BCUT2D eigenvalue weighted by atomic mass is 10.1. The molecule has 3 aromatic rings. The summed E-state index contributed by atoms with van der Waals surface area (Å²) >= 11 is 1.26. The molecule has 0 aliphatic rings. The number of hydrogen-bond acceptors (Lipinski definition) is 5. The van der Waals surface area contributed by atoms with Crippen LogP contribution >= 0.6 is 11.8 Å². The van der Waals surface area contributed by atoms with Crippen LogP contribution < -0.4 is 5.32 Å². The first-order valence-corrected chi connectivity index (χ1v) is 10.7. The van der Waals surface area contributed by atoms with E-state index in [0.717, 1.165) is 24.9 Å². The number of rotatable bonds is 10. The van der Waals surface area contributed by atoms with Crippen molar-refractivity contribution in [1.82, 2.24) is 25.5 Å². The minimum absolute atomic E-state index is 0.143. The summed E-state index contributed by atoms with van der Waals surface area (Å²) in [7, 11) is 0. The third-order valence-electron chi connectivity index (χ3n) is 4.45. The van der Waals surface area contributed by atoms with Crippen molar-refractivity contribution in [3.8, 4) is 5.69 Å². The van der Waals surface area contributed by atoms with Gasteiger partial charge in [0.15, 0.2) is 0 Å². The lowest BCUT2D eigenvalue weighted by molar-refractivity contribution is -0.118. The van der Waals surface area contributed by atoms with Crippen molar-refractivity contribution in [1.29, 1.82) is 0 Å². The average molecular weight is 414 g/mol. The molecule has 8 heteroatoms. The Morgan fingerprint density at radius 2 is 1.93 bits per heavy atom. The maximum absolute atomic E-state index is 13.6. The lowest BCUT2D eigenvalue weighted by Crippen LogP contribution is -2.27. The second kappa shape index (κ2) is 10.7. The van der Waals surface area contributed by atoms with Crippen molar-refractivity contribution in [3.05, 3.63) is 65.5 Å². The normalized spacial score (nSPS) is 10.8. The number of halogens is 1. The summed E-state index contributed by atoms with van der Waals surface area (Å²) in [5.41, 5.74) is 2.73. The van der Waals surface area contributed by atoms with Crippen molar-refractivity contribution in [2.45, 2.75) is 37.8 Å². The van der Waals surface area contributed by atoms with Crippen molar-refractivity contribution in [2.75, 3.05) is 12.3 Å². The Kier molecular flexibility index (Phi) is 7.75. The molecule has 152 valence electrons. The number of nitrogens with zero attached hydrogens (tertiary/aromatic N) is 4. The SMILES string of the molecule is CCCCc1ccc(-n2nnnc2SCC(=O)NCCc2ccccc2F)cc1. The molecule has 1 amide bonds. The number of hydrogen-bond donors (Lipinski definition) is 1. The van der Waals surface area contributed by atoms with Gasteiger partial charge < -0.3 is 5.32 Å². The van der Waals surface area contributed by atoms with Gasteiger partial charge in [-0.3, -0.25) is 4.79 Å². The average Bonchev–Trinajstić information content (AvgIpc) is 3.21. The molecular weight excluding hydrogens is 389 g/mol. The van der Waals surface area contributed by atoms with Gasteiger partial charge in [0.25, 0.3) is 0 Å². The fraction of sp³-hybridized carbons (Fsp3) is 0.333. The Labute approximate surface area is 173 Å². The first-order valence-electron chi connectivity index (χ1n) is 9.68. The van der Waals surface area contributed by atoms with Gasteiger partial charge in [0.2, 0.25) is 11.1 Å². The van der Waals surface area contributed by atoms with Gasteiger partial charge in [-0.05, 0) is 59.0 Å². The Bertz CT molecular complexity index is 929. The summed E-state index contributed by atoms with van der Waals surface area (Å²) in [5.74, 6) is -0.210. The molecule has 0 saturated heterocycles. The molecule has 0 unspecified atom stereocenters. The highest BCUT2D eigenvalue weighted by Crippen LogP contribution is 2.19. The summed E-state index contributed by atoms with van der Waals surface area (Å²) in [4.78, 5) is 12.1. The molecule has 29 heavy (non-hydrogen) atoms. The molecule has 1 heterocycles. The number of aryl methyl sites for hydroxylation is 1. The van der Waals surface area contributed by atoms with Crippen LogP contribution in [0.25, 0.3) is 5.69 Å². The number of aromatic nitrogens is 4. The quantitative estimate of drug-likeness (QED) is 0.514. The van der Waals surface area contributed by atoms with E-state index in [1.165, 1.54) is 23.4 Å². The number of benzene rings is 2. The van der Waals surface area contributed by atoms with Crippen molar-refractivity contribution in [2.24, 2.45) is 0 Å². The highest BCUT2D eigenvalue weighted by atomic mass is 32.2. The van der Waals surface area contributed by atoms with Crippen LogP contribution in [-0.2, 0) is 17.6 Å². The Hall–Kier alpha value is -2.74. The standard InChI is InChI=1S/C21H24FN5OS/c1-2-3-6-16-9-11-18(12-10-16)27-21(24-25-26-27)29-15-20(28)23-14-13-17-7-4-5-8-19(17)22/h4-5,7-12H,2-3,6,13-15H2,1H3,(H,23,28). The molecule has 0 spiro atoms. The zero-order chi connectivity index (χ0) is 20.5. The van der Waals surface area contributed by atoms with Crippen LogP contribution in [0.1, 0.15) is 30.9 Å². The van der Waals surface area contributed by atoms with Gasteiger partial charge in [-0.15, -0.1) is 5.10 Å². The Morgan fingerprint density at radius 3 is 2.69 bits per heavy atom. The fourth-order valence-electron chi connectivity index (χ4n) is 2.83. The van der Waals surface area contributed by atoms with Gasteiger partial charge in [0.1, 0.15) is 5.82 Å². The molecule has 0 saturated carbocycles. The number of unbranched alkanes of at least 4 members (excludes halogenated alkanes) is 1. The highest BCUT2D eigenvalue weighted by molar-refractivity contribution is 7.99. The maximum atomic E-state index is 13.6. The summed E-state index contributed by atoms with van der Waals surface area (Å²) in [6.45, 7) is 2.56. The minimum atomic E-state index is -0.254. The molecule has 0 aliphatic carbocycles. The molecule has 2 aromatic carbocycles. The van der Waals surface area contributed by atoms with E-state index in [1.807, 2.05) is 12.1 Å². The van der Waals surface area contributed by atoms with Crippen molar-refractivity contribution in [3.63, 3.8) is 0 Å². The van der Waals surface area contributed by atoms with Crippen LogP contribution in [0.5, 0.6) is 0 Å². The fourth-order valence-corrected chi connectivity index (χ4v) is 3.56. The van der Waals surface area contributed by atoms with E-state index in [9.17, 15) is 9.18 Å². The first kappa shape index (κ1) is 21.0. The molecule has 0 radical (unpaired) electrons. The predicted molar refractivity (Wildman–Crippen MR) is 112 cm³/mol. The van der Waals surface area contributed by atoms with E-state index in [2.05, 4.69) is 39.9 Å². The predicted octanol–water partition coefficient (Wildman–Crippen LogP) is 3.60. The van der Waals surface area contributed by atoms with E-state index in [4.69, 9.17) is 0 Å². The number of carbonyl (C=O) groups is 1. The van der Waals surface area contributed by atoms with Crippen LogP contribution in [0.2, 0.25) is 0 Å². The topological polar surface area (TPSA) is 72.7 Å². The van der Waals surface area contributed by atoms with Crippen molar-refractivity contribution < 1.29 is 9.18 Å². The molecule has 0 fully saturated rings. The second-order valence-electron chi connectivity index (χ2n) is 6.62. The number of thioether (sulfide) groups is 1. The molecule has 0 atom stereocenters. The number of tetrazole rings is 1. The van der Waals surface area contributed by atoms with Gasteiger partial charge in [0.05, 0.1) is 11.4 Å². The Morgan fingerprint density at radius 1 is 1.14 bits per heavy atom. The summed E-state index contributed by atoms with van der Waals surface area (Å²) in [5, 5.41) is 15.1. The Balaban J connectivity index is 1.49. The molecular formula is C21H24FN5OS. The molecule has 1 aromatic heterocycles. The molecule has 3 rings (SSSR count). The largest absolute Gasteiger partial charge is 0.355 e. The van der Waals surface area contributed by atoms with Gasteiger partial charge in [-0.1, -0.05) is 55.4 Å². The number of nitrogens with one attached hydrogen (secondary N) is 1. The van der Waals surface area contributed by atoms with E-state index in [0.29, 0.717) is 23.7 Å². The van der Waals surface area contributed by atoms with Crippen LogP contribution in [0, 0.1) is 5.82 Å². The monoisotopic (exact) mass is 413 g/mol. The number of amides is 1. The van der Waals surface area contributed by atoms with Gasteiger partial charge in [-0.2, -0.15) is 4.68 Å². The first-order chi connectivity index (χ1) is 14.2. The minimum Gasteiger partial charge on any atom is -0.355 e.